The van der Waals surface area contributed by atoms with E-state index < -0.39 is 11.4 Å². The second-order valence-electron chi connectivity index (χ2n) is 7.11. The van der Waals surface area contributed by atoms with E-state index in [1.54, 1.807) is 24.5 Å². The largest absolute Gasteiger partial charge is 0.351 e. The van der Waals surface area contributed by atoms with Gasteiger partial charge in [-0.3, -0.25) is 9.78 Å². The summed E-state index contributed by atoms with van der Waals surface area (Å²) in [7, 11) is 0. The highest BCUT2D eigenvalue weighted by atomic mass is 19.1. The second kappa shape index (κ2) is 6.32. The molecule has 0 spiro atoms. The highest BCUT2D eigenvalue weighted by Gasteiger charge is 2.31. The molecule has 0 bridgehead atoms. The molecule has 2 aromatic rings. The Labute approximate surface area is 140 Å². The van der Waals surface area contributed by atoms with Crippen LogP contribution < -0.4 is 15.8 Å². The predicted molar refractivity (Wildman–Crippen MR) is 91.5 cm³/mol. The molecule has 1 atom stereocenters. The number of piperazine rings is 1. The van der Waals surface area contributed by atoms with Crippen molar-refractivity contribution in [2.45, 2.75) is 26.8 Å². The molecule has 1 fully saturated rings. The summed E-state index contributed by atoms with van der Waals surface area (Å²) in [5.41, 5.74) is -0.0203. The number of hydrogen-bond donors (Lipinski definition) is 2. The van der Waals surface area contributed by atoms with Crippen LogP contribution in [0.15, 0.2) is 29.3 Å². The van der Waals surface area contributed by atoms with Gasteiger partial charge in [-0.1, -0.05) is 20.8 Å². The maximum absolute atomic E-state index is 14.4. The number of rotatable bonds is 2. The molecule has 0 amide bonds. The fourth-order valence-corrected chi connectivity index (χ4v) is 2.83. The number of anilines is 1. The SMILES string of the molecule is CC(C)(C)[C@H]1CN(c2nc(-c3ccncc3)[nH]c(=O)c2F)CCN1. The van der Waals surface area contributed by atoms with E-state index >= 15 is 0 Å². The zero-order valence-electron chi connectivity index (χ0n) is 14.1. The van der Waals surface area contributed by atoms with Gasteiger partial charge in [-0.05, 0) is 17.5 Å². The van der Waals surface area contributed by atoms with Crippen molar-refractivity contribution in [2.24, 2.45) is 5.41 Å². The Morgan fingerprint density at radius 2 is 2.00 bits per heavy atom. The number of pyridine rings is 1. The first-order valence-corrected chi connectivity index (χ1v) is 8.05. The lowest BCUT2D eigenvalue weighted by Crippen LogP contribution is -2.56. The maximum atomic E-state index is 14.4. The third-order valence-electron chi connectivity index (χ3n) is 4.32. The molecule has 3 heterocycles. The van der Waals surface area contributed by atoms with E-state index in [9.17, 15) is 9.18 Å². The Morgan fingerprint density at radius 1 is 1.29 bits per heavy atom. The number of H-pyrrole nitrogens is 1. The lowest BCUT2D eigenvalue weighted by atomic mass is 9.85. The average molecular weight is 331 g/mol. The van der Waals surface area contributed by atoms with Crippen LogP contribution in [-0.2, 0) is 0 Å². The molecule has 0 aliphatic carbocycles. The van der Waals surface area contributed by atoms with E-state index in [1.165, 1.54) is 0 Å². The lowest BCUT2D eigenvalue weighted by molar-refractivity contribution is 0.252. The van der Waals surface area contributed by atoms with E-state index in [1.807, 2.05) is 4.90 Å². The van der Waals surface area contributed by atoms with Gasteiger partial charge in [0.2, 0.25) is 5.82 Å². The summed E-state index contributed by atoms with van der Waals surface area (Å²) in [6.07, 6.45) is 3.22. The third kappa shape index (κ3) is 3.31. The molecule has 0 unspecified atom stereocenters. The fourth-order valence-electron chi connectivity index (χ4n) is 2.83. The maximum Gasteiger partial charge on any atom is 0.289 e. The minimum atomic E-state index is -0.831. The van der Waals surface area contributed by atoms with Crippen molar-refractivity contribution in [1.82, 2.24) is 20.3 Å². The molecule has 1 aliphatic rings. The minimum absolute atomic E-state index is 0.0320. The lowest BCUT2D eigenvalue weighted by Gasteiger charge is -2.41. The van der Waals surface area contributed by atoms with Crippen molar-refractivity contribution in [2.75, 3.05) is 24.5 Å². The number of hydrogen-bond acceptors (Lipinski definition) is 5. The summed E-state index contributed by atoms with van der Waals surface area (Å²) in [5.74, 6) is -0.367. The van der Waals surface area contributed by atoms with Gasteiger partial charge in [0.15, 0.2) is 5.82 Å². The van der Waals surface area contributed by atoms with Gasteiger partial charge in [0, 0.05) is 43.6 Å². The summed E-state index contributed by atoms with van der Waals surface area (Å²) < 4.78 is 14.4. The molecule has 6 nitrogen and oxygen atoms in total. The van der Waals surface area contributed by atoms with Crippen molar-refractivity contribution < 1.29 is 4.39 Å². The van der Waals surface area contributed by atoms with Crippen LogP contribution in [0, 0.1) is 11.2 Å². The summed E-state index contributed by atoms with van der Waals surface area (Å²) in [4.78, 5) is 24.7. The standard InChI is InChI=1S/C17H22FN5O/c1-17(2,3)12-10-23(9-8-20-12)15-13(18)16(24)22-14(21-15)11-4-6-19-7-5-11/h4-7,12,20H,8-10H2,1-3H3,(H,21,22,24)/t12-/m1/s1. The van der Waals surface area contributed by atoms with Gasteiger partial charge in [0.1, 0.15) is 5.82 Å². The first-order chi connectivity index (χ1) is 11.4. The van der Waals surface area contributed by atoms with Crippen LogP contribution in [0.1, 0.15) is 20.8 Å². The molecule has 24 heavy (non-hydrogen) atoms. The fraction of sp³-hybridized carbons (Fsp3) is 0.471. The molecule has 128 valence electrons. The summed E-state index contributed by atoms with van der Waals surface area (Å²) in [6, 6.07) is 3.65. The van der Waals surface area contributed by atoms with Crippen molar-refractivity contribution >= 4 is 5.82 Å². The van der Waals surface area contributed by atoms with Crippen LogP contribution in [0.25, 0.3) is 11.4 Å². The van der Waals surface area contributed by atoms with Crippen molar-refractivity contribution in [3.05, 3.63) is 40.7 Å². The molecular formula is C17H22FN5O. The Hall–Kier alpha value is -2.28. The van der Waals surface area contributed by atoms with Gasteiger partial charge in [-0.2, -0.15) is 4.39 Å². The van der Waals surface area contributed by atoms with E-state index in [-0.39, 0.29) is 17.3 Å². The number of aromatic amines is 1. The molecule has 0 saturated carbocycles. The second-order valence-corrected chi connectivity index (χ2v) is 7.11. The van der Waals surface area contributed by atoms with Crippen LogP contribution in [0.2, 0.25) is 0 Å². The molecular weight excluding hydrogens is 309 g/mol. The van der Waals surface area contributed by atoms with Gasteiger partial charge in [0.25, 0.3) is 5.56 Å². The zero-order chi connectivity index (χ0) is 17.3. The first-order valence-electron chi connectivity index (χ1n) is 8.05. The Kier molecular flexibility index (Phi) is 4.36. The Balaban J connectivity index is 1.98. The van der Waals surface area contributed by atoms with Gasteiger partial charge >= 0.3 is 0 Å². The van der Waals surface area contributed by atoms with Crippen molar-refractivity contribution in [1.29, 1.82) is 0 Å². The van der Waals surface area contributed by atoms with Crippen LogP contribution in [-0.4, -0.2) is 40.6 Å². The van der Waals surface area contributed by atoms with Crippen molar-refractivity contribution in [3.63, 3.8) is 0 Å². The van der Waals surface area contributed by atoms with E-state index in [0.717, 1.165) is 6.54 Å². The predicted octanol–water partition coefficient (Wildman–Crippen LogP) is 1.80. The van der Waals surface area contributed by atoms with Crippen molar-refractivity contribution in [3.8, 4) is 11.4 Å². The Morgan fingerprint density at radius 3 is 2.67 bits per heavy atom. The highest BCUT2D eigenvalue weighted by molar-refractivity contribution is 5.56. The molecule has 2 N–H and O–H groups in total. The topological polar surface area (TPSA) is 73.9 Å². The molecule has 0 radical (unpaired) electrons. The van der Waals surface area contributed by atoms with Gasteiger partial charge in [0.05, 0.1) is 0 Å². The van der Waals surface area contributed by atoms with Crippen LogP contribution in [0.3, 0.4) is 0 Å². The number of aromatic nitrogens is 3. The molecule has 2 aromatic heterocycles. The molecule has 7 heteroatoms. The highest BCUT2D eigenvalue weighted by Crippen LogP contribution is 2.25. The Bertz CT molecular complexity index is 769. The summed E-state index contributed by atoms with van der Waals surface area (Å²) >= 11 is 0. The van der Waals surface area contributed by atoms with E-state index in [0.29, 0.717) is 24.5 Å². The number of halogens is 1. The van der Waals surface area contributed by atoms with Crippen LogP contribution >= 0.6 is 0 Å². The molecule has 1 saturated heterocycles. The number of nitrogens with one attached hydrogen (secondary N) is 2. The summed E-state index contributed by atoms with van der Waals surface area (Å²) in [6.45, 7) is 8.34. The van der Waals surface area contributed by atoms with E-state index in [4.69, 9.17) is 0 Å². The monoisotopic (exact) mass is 331 g/mol. The van der Waals surface area contributed by atoms with Crippen LogP contribution in [0.4, 0.5) is 10.2 Å². The zero-order valence-corrected chi connectivity index (χ0v) is 14.1. The first kappa shape index (κ1) is 16.6. The third-order valence-corrected chi connectivity index (χ3v) is 4.32. The van der Waals surface area contributed by atoms with Gasteiger partial charge in [-0.15, -0.1) is 0 Å². The number of nitrogens with zero attached hydrogens (tertiary/aromatic N) is 3. The van der Waals surface area contributed by atoms with Gasteiger partial charge < -0.3 is 15.2 Å². The van der Waals surface area contributed by atoms with Crippen LogP contribution in [0.5, 0.6) is 0 Å². The molecule has 3 rings (SSSR count). The quantitative estimate of drug-likeness (QED) is 0.878. The molecule has 1 aliphatic heterocycles. The average Bonchev–Trinajstić information content (AvgIpc) is 2.57. The summed E-state index contributed by atoms with van der Waals surface area (Å²) in [5, 5.41) is 3.45. The van der Waals surface area contributed by atoms with Gasteiger partial charge in [-0.25, -0.2) is 4.98 Å². The van der Waals surface area contributed by atoms with E-state index in [2.05, 4.69) is 41.0 Å². The molecule has 0 aromatic carbocycles. The minimum Gasteiger partial charge on any atom is -0.351 e. The normalized spacial score (nSPS) is 18.7. The smallest absolute Gasteiger partial charge is 0.289 e.